The van der Waals surface area contributed by atoms with Crippen LogP contribution in [-0.2, 0) is 4.79 Å². The van der Waals surface area contributed by atoms with Gasteiger partial charge >= 0.3 is 5.97 Å². The number of aromatic nitrogens is 2. The van der Waals surface area contributed by atoms with Crippen LogP contribution in [-0.4, -0.2) is 51.3 Å². The fraction of sp³-hybridized carbons (Fsp3) is 0.481. The molecule has 1 aliphatic carbocycles. The number of hydrogen-bond donors (Lipinski definition) is 1. The van der Waals surface area contributed by atoms with Crippen molar-refractivity contribution in [1.82, 2.24) is 14.5 Å². The van der Waals surface area contributed by atoms with Crippen LogP contribution in [0.15, 0.2) is 55.1 Å². The third kappa shape index (κ3) is 4.76. The third-order valence-corrected chi connectivity index (χ3v) is 7.40. The summed E-state index contributed by atoms with van der Waals surface area (Å²) in [6.45, 7) is 8.90. The summed E-state index contributed by atoms with van der Waals surface area (Å²) in [7, 11) is 0. The topological polar surface area (TPSA) is 67.6 Å². The average Bonchev–Trinajstić information content (AvgIpc) is 3.52. The number of hydrogen-bond acceptors (Lipinski definition) is 4. The second-order valence-electron chi connectivity index (χ2n) is 9.27. The third-order valence-electron chi connectivity index (χ3n) is 7.40. The van der Waals surface area contributed by atoms with Gasteiger partial charge in [-0.3, -0.25) is 9.69 Å². The fourth-order valence-electron chi connectivity index (χ4n) is 5.34. The first-order valence-corrected chi connectivity index (χ1v) is 12.1. The minimum atomic E-state index is -0.739. The van der Waals surface area contributed by atoms with Gasteiger partial charge in [0, 0.05) is 18.4 Å². The lowest BCUT2D eigenvalue weighted by Crippen LogP contribution is -2.39. The van der Waals surface area contributed by atoms with Gasteiger partial charge in [-0.05, 0) is 67.4 Å². The number of benzene rings is 2. The molecule has 0 radical (unpaired) electrons. The number of imidazole rings is 1. The van der Waals surface area contributed by atoms with Gasteiger partial charge in [0.15, 0.2) is 0 Å². The summed E-state index contributed by atoms with van der Waals surface area (Å²) in [5.41, 5.74) is 0.501. The van der Waals surface area contributed by atoms with Crippen molar-refractivity contribution in [1.29, 1.82) is 0 Å². The van der Waals surface area contributed by atoms with Gasteiger partial charge in [0.1, 0.15) is 17.8 Å². The standard InChI is InChI=1S/C27H35N3O3/c1-4-29(5-2)20(3)25(30-15-14-28-19-30)23-9-8-22-17-24(11-10-21(22)16-23)33-18-27(26(31)32)12-6-7-13-27/h8-11,14-17,19-20,25H,4-7,12-13,18H2,1-3H3,(H,31,32)/t20-,25+/m1/s1. The van der Waals surface area contributed by atoms with Crippen LogP contribution in [0.2, 0.25) is 0 Å². The fourth-order valence-corrected chi connectivity index (χ4v) is 5.34. The first-order chi connectivity index (χ1) is 16.0. The Hall–Kier alpha value is -2.86. The molecule has 2 atom stereocenters. The van der Waals surface area contributed by atoms with Gasteiger partial charge in [0.05, 0.1) is 12.4 Å². The molecule has 0 bridgehead atoms. The SMILES string of the molecule is CCN(CC)[C@H](C)[C@@H](c1ccc2cc(OCC3(C(=O)O)CCCC3)ccc2c1)n1ccnc1. The van der Waals surface area contributed by atoms with Gasteiger partial charge in [-0.15, -0.1) is 0 Å². The lowest BCUT2D eigenvalue weighted by atomic mass is 9.87. The van der Waals surface area contributed by atoms with Crippen molar-refractivity contribution >= 4 is 16.7 Å². The van der Waals surface area contributed by atoms with Crippen molar-refractivity contribution in [2.45, 2.75) is 58.5 Å². The molecule has 0 aliphatic heterocycles. The van der Waals surface area contributed by atoms with Crippen LogP contribution in [0.1, 0.15) is 58.1 Å². The highest BCUT2D eigenvalue weighted by Crippen LogP contribution is 2.39. The second-order valence-corrected chi connectivity index (χ2v) is 9.27. The molecule has 1 N–H and O–H groups in total. The highest BCUT2D eigenvalue weighted by molar-refractivity contribution is 5.84. The highest BCUT2D eigenvalue weighted by Gasteiger charge is 2.42. The molecule has 1 heterocycles. The van der Waals surface area contributed by atoms with Gasteiger partial charge in [0.25, 0.3) is 0 Å². The molecule has 1 aromatic heterocycles. The van der Waals surface area contributed by atoms with Crippen LogP contribution in [0.4, 0.5) is 0 Å². The molecule has 1 aliphatic rings. The lowest BCUT2D eigenvalue weighted by Gasteiger charge is -2.34. The van der Waals surface area contributed by atoms with E-state index < -0.39 is 11.4 Å². The molecule has 3 aromatic rings. The maximum absolute atomic E-state index is 11.8. The van der Waals surface area contributed by atoms with Crippen molar-refractivity contribution in [3.63, 3.8) is 0 Å². The Morgan fingerprint density at radius 1 is 1.15 bits per heavy atom. The van der Waals surface area contributed by atoms with Crippen molar-refractivity contribution in [2.75, 3.05) is 19.7 Å². The molecule has 2 aromatic carbocycles. The highest BCUT2D eigenvalue weighted by atomic mass is 16.5. The minimum Gasteiger partial charge on any atom is -0.492 e. The van der Waals surface area contributed by atoms with E-state index in [4.69, 9.17) is 4.74 Å². The maximum atomic E-state index is 11.8. The number of carboxylic acids is 1. The van der Waals surface area contributed by atoms with Crippen LogP contribution in [0.5, 0.6) is 5.75 Å². The number of fused-ring (bicyclic) bond motifs is 1. The van der Waals surface area contributed by atoms with Crippen LogP contribution >= 0.6 is 0 Å². The van der Waals surface area contributed by atoms with E-state index in [2.05, 4.69) is 59.5 Å². The summed E-state index contributed by atoms with van der Waals surface area (Å²) in [4.78, 5) is 18.6. The van der Waals surface area contributed by atoms with Crippen LogP contribution < -0.4 is 4.74 Å². The molecule has 6 nitrogen and oxygen atoms in total. The molecule has 4 rings (SSSR count). The van der Waals surface area contributed by atoms with Gasteiger partial charge in [-0.2, -0.15) is 0 Å². The van der Waals surface area contributed by atoms with Gasteiger partial charge in [-0.1, -0.05) is 44.9 Å². The number of aliphatic carboxylic acids is 1. The van der Waals surface area contributed by atoms with Gasteiger partial charge in [0.2, 0.25) is 0 Å². The van der Waals surface area contributed by atoms with E-state index in [1.165, 1.54) is 5.56 Å². The lowest BCUT2D eigenvalue weighted by molar-refractivity contribution is -0.150. The molecule has 1 fully saturated rings. The number of carbonyl (C=O) groups is 1. The van der Waals surface area contributed by atoms with E-state index in [9.17, 15) is 9.90 Å². The molecule has 6 heteroatoms. The zero-order chi connectivity index (χ0) is 23.4. The Morgan fingerprint density at radius 2 is 1.85 bits per heavy atom. The monoisotopic (exact) mass is 449 g/mol. The zero-order valence-corrected chi connectivity index (χ0v) is 19.9. The Kier molecular flexibility index (Phi) is 7.03. The van der Waals surface area contributed by atoms with E-state index in [1.54, 1.807) is 0 Å². The molecule has 176 valence electrons. The largest absolute Gasteiger partial charge is 0.492 e. The molecular formula is C27H35N3O3. The first-order valence-electron chi connectivity index (χ1n) is 12.1. The summed E-state index contributed by atoms with van der Waals surface area (Å²) in [5.74, 6) is -0.0104. The van der Waals surface area contributed by atoms with E-state index in [1.807, 2.05) is 30.9 Å². The normalized spacial score (nSPS) is 17.3. The van der Waals surface area contributed by atoms with E-state index in [-0.39, 0.29) is 12.6 Å². The average molecular weight is 450 g/mol. The van der Waals surface area contributed by atoms with E-state index >= 15 is 0 Å². The summed E-state index contributed by atoms with van der Waals surface area (Å²) in [5, 5.41) is 11.9. The second kappa shape index (κ2) is 9.96. The van der Waals surface area contributed by atoms with E-state index in [0.717, 1.165) is 42.5 Å². The Labute approximate surface area is 196 Å². The molecule has 0 saturated heterocycles. The minimum absolute atomic E-state index is 0.158. The van der Waals surface area contributed by atoms with Crippen molar-refractivity contribution in [3.8, 4) is 5.75 Å². The summed E-state index contributed by atoms with van der Waals surface area (Å²) < 4.78 is 8.19. The Bertz CT molecular complexity index is 1070. The Balaban J connectivity index is 1.59. The molecule has 0 amide bonds. The van der Waals surface area contributed by atoms with Crippen molar-refractivity contribution < 1.29 is 14.6 Å². The number of likely N-dealkylation sites (N-methyl/N-ethyl adjacent to an activating group) is 1. The van der Waals surface area contributed by atoms with Crippen LogP contribution in [0.25, 0.3) is 10.8 Å². The van der Waals surface area contributed by atoms with Crippen LogP contribution in [0.3, 0.4) is 0 Å². The smallest absolute Gasteiger partial charge is 0.313 e. The number of ether oxygens (including phenoxy) is 1. The first kappa shape index (κ1) is 23.3. The zero-order valence-electron chi connectivity index (χ0n) is 19.9. The van der Waals surface area contributed by atoms with Crippen LogP contribution in [0, 0.1) is 5.41 Å². The molecular weight excluding hydrogens is 414 g/mol. The molecule has 0 spiro atoms. The molecule has 1 saturated carbocycles. The van der Waals surface area contributed by atoms with Crippen molar-refractivity contribution in [3.05, 3.63) is 60.7 Å². The van der Waals surface area contributed by atoms with E-state index in [0.29, 0.717) is 18.9 Å². The quantitative estimate of drug-likeness (QED) is 0.450. The van der Waals surface area contributed by atoms with Gasteiger partial charge in [-0.25, -0.2) is 4.98 Å². The predicted octanol–water partition coefficient (Wildman–Crippen LogP) is 5.38. The van der Waals surface area contributed by atoms with Gasteiger partial charge < -0.3 is 14.4 Å². The summed E-state index contributed by atoms with van der Waals surface area (Å²) in [6, 6.07) is 13.1. The Morgan fingerprint density at radius 3 is 2.48 bits per heavy atom. The summed E-state index contributed by atoms with van der Waals surface area (Å²) in [6.07, 6.45) is 9.07. The summed E-state index contributed by atoms with van der Waals surface area (Å²) >= 11 is 0. The number of nitrogens with zero attached hydrogens (tertiary/aromatic N) is 3. The molecule has 33 heavy (non-hydrogen) atoms. The predicted molar refractivity (Wildman–Crippen MR) is 131 cm³/mol. The molecule has 0 unspecified atom stereocenters. The number of rotatable bonds is 10. The van der Waals surface area contributed by atoms with Crippen molar-refractivity contribution in [2.24, 2.45) is 5.41 Å². The number of carboxylic acid groups (broad SMARTS) is 1. The maximum Gasteiger partial charge on any atom is 0.313 e.